The second kappa shape index (κ2) is 3.68. The fourth-order valence-corrected chi connectivity index (χ4v) is 2.91. The smallest absolute Gasteiger partial charge is 0.158 e. The minimum atomic E-state index is 0.0238. The Balaban J connectivity index is 2.13. The van der Waals surface area contributed by atoms with Crippen LogP contribution in [0, 0.1) is 11.5 Å². The van der Waals surface area contributed by atoms with Gasteiger partial charge in [-0.3, -0.25) is 4.90 Å². The molecule has 0 saturated heterocycles. The van der Waals surface area contributed by atoms with Crippen LogP contribution in [0.2, 0.25) is 0 Å². The van der Waals surface area contributed by atoms with Gasteiger partial charge in [-0.25, -0.2) is 0 Å². The standard InChI is InChI=1S/C16H19N2/c1-11-6-7-18-14-5-4-12(10-17)9-13(14)16(2,3)15(18)8-11/h4-6,8H,7,10,17H2,1-3H3/q+1. The van der Waals surface area contributed by atoms with Crippen molar-refractivity contribution in [2.75, 3.05) is 13.1 Å². The van der Waals surface area contributed by atoms with Crippen molar-refractivity contribution in [3.63, 3.8) is 0 Å². The highest BCUT2D eigenvalue weighted by molar-refractivity contribution is 5.55. The summed E-state index contributed by atoms with van der Waals surface area (Å²) in [5.74, 6) is 0. The predicted molar refractivity (Wildman–Crippen MR) is 74.3 cm³/mol. The molecule has 3 aliphatic rings. The fraction of sp³-hybridized carbons (Fsp3) is 0.375. The molecule has 2 heterocycles. The molecule has 0 fully saturated rings. The van der Waals surface area contributed by atoms with Gasteiger partial charge in [-0.1, -0.05) is 11.6 Å². The zero-order valence-corrected chi connectivity index (χ0v) is 11.2. The van der Waals surface area contributed by atoms with E-state index in [1.54, 1.807) is 0 Å². The molecule has 0 amide bonds. The minimum Gasteiger partial charge on any atom is -0.324 e. The average Bonchev–Trinajstić information content (AvgIpc) is 2.58. The van der Waals surface area contributed by atoms with E-state index in [2.05, 4.69) is 56.1 Å². The summed E-state index contributed by atoms with van der Waals surface area (Å²) in [6.45, 7) is 8.22. The highest BCUT2D eigenvalue weighted by Crippen LogP contribution is 2.50. The van der Waals surface area contributed by atoms with Gasteiger partial charge in [0, 0.05) is 5.70 Å². The van der Waals surface area contributed by atoms with Crippen LogP contribution >= 0.6 is 0 Å². The molecule has 0 bridgehead atoms. The maximum Gasteiger partial charge on any atom is 0.158 e. The Labute approximate surface area is 109 Å². The minimum absolute atomic E-state index is 0.0238. The summed E-state index contributed by atoms with van der Waals surface area (Å²) in [6, 6.07) is 0. The number of fused-ring (bicyclic) bond motifs is 2. The van der Waals surface area contributed by atoms with Crippen molar-refractivity contribution in [3.05, 3.63) is 58.5 Å². The molecule has 3 rings (SSSR count). The predicted octanol–water partition coefficient (Wildman–Crippen LogP) is 2.68. The molecule has 2 N–H and O–H groups in total. The maximum atomic E-state index is 5.73. The van der Waals surface area contributed by atoms with Crippen molar-refractivity contribution >= 4 is 0 Å². The van der Waals surface area contributed by atoms with Crippen molar-refractivity contribution in [2.24, 2.45) is 11.1 Å². The van der Waals surface area contributed by atoms with Gasteiger partial charge in [0.15, 0.2) is 11.3 Å². The Morgan fingerprint density at radius 2 is 2.17 bits per heavy atom. The quantitative estimate of drug-likeness (QED) is 0.713. The molecule has 0 atom stereocenters. The average molecular weight is 239 g/mol. The van der Waals surface area contributed by atoms with E-state index >= 15 is 0 Å². The second-order valence-corrected chi connectivity index (χ2v) is 5.66. The Morgan fingerprint density at radius 1 is 1.39 bits per heavy atom. The Kier molecular flexibility index (Phi) is 2.34. The van der Waals surface area contributed by atoms with Crippen LogP contribution < -0.4 is 5.73 Å². The first-order chi connectivity index (χ1) is 8.54. The van der Waals surface area contributed by atoms with E-state index < -0.39 is 0 Å². The van der Waals surface area contributed by atoms with E-state index in [9.17, 15) is 0 Å². The number of nitrogens with zero attached hydrogens (tertiary/aromatic N) is 1. The lowest BCUT2D eigenvalue weighted by Gasteiger charge is -2.27. The molecule has 0 aromatic carbocycles. The van der Waals surface area contributed by atoms with Gasteiger partial charge < -0.3 is 5.73 Å². The zero-order valence-electron chi connectivity index (χ0n) is 11.2. The van der Waals surface area contributed by atoms with E-state index in [1.807, 2.05) is 0 Å². The molecule has 0 unspecified atom stereocenters. The molecule has 2 nitrogen and oxygen atoms in total. The lowest BCUT2D eigenvalue weighted by atomic mass is 9.80. The van der Waals surface area contributed by atoms with E-state index in [-0.39, 0.29) is 5.41 Å². The van der Waals surface area contributed by atoms with Crippen LogP contribution in [-0.2, 0) is 0 Å². The lowest BCUT2D eigenvalue weighted by molar-refractivity contribution is 0.414. The highest BCUT2D eigenvalue weighted by atomic mass is 15.2. The van der Waals surface area contributed by atoms with E-state index in [0.717, 1.165) is 12.1 Å². The van der Waals surface area contributed by atoms with Crippen LogP contribution in [0.4, 0.5) is 0 Å². The number of hydrogen-bond donors (Lipinski definition) is 1. The topological polar surface area (TPSA) is 29.3 Å². The molecule has 2 aliphatic heterocycles. The molecule has 0 aromatic rings. The van der Waals surface area contributed by atoms with Crippen molar-refractivity contribution in [3.8, 4) is 0 Å². The molecule has 2 heteroatoms. The SMILES string of the molecule is CC1=CCN2C(=C1)C(C)(C)C1=C2C=CC(CN)=[C+]1. The summed E-state index contributed by atoms with van der Waals surface area (Å²) in [4.78, 5) is 2.39. The third kappa shape index (κ3) is 1.43. The summed E-state index contributed by atoms with van der Waals surface area (Å²) in [5, 5.41) is 0. The Morgan fingerprint density at radius 3 is 2.89 bits per heavy atom. The Bertz CT molecular complexity index is 554. The molecule has 0 aromatic heterocycles. The molecule has 1 aliphatic carbocycles. The largest absolute Gasteiger partial charge is 0.324 e. The molecule has 18 heavy (non-hydrogen) atoms. The molecule has 92 valence electrons. The first-order valence-electron chi connectivity index (χ1n) is 6.46. The van der Waals surface area contributed by atoms with Crippen molar-refractivity contribution in [2.45, 2.75) is 20.8 Å². The maximum absolute atomic E-state index is 5.73. The first-order valence-corrected chi connectivity index (χ1v) is 6.46. The number of allylic oxidation sites excluding steroid dienone is 5. The van der Waals surface area contributed by atoms with Crippen LogP contribution in [0.1, 0.15) is 20.8 Å². The van der Waals surface area contributed by atoms with Gasteiger partial charge in [-0.2, -0.15) is 0 Å². The van der Waals surface area contributed by atoms with Crippen LogP contribution in [0.15, 0.2) is 52.4 Å². The van der Waals surface area contributed by atoms with Gasteiger partial charge in [0.1, 0.15) is 5.57 Å². The Hall–Kier alpha value is -1.63. The van der Waals surface area contributed by atoms with Crippen LogP contribution in [-0.4, -0.2) is 18.0 Å². The van der Waals surface area contributed by atoms with E-state index in [0.29, 0.717) is 6.54 Å². The van der Waals surface area contributed by atoms with Gasteiger partial charge in [-0.05, 0) is 26.8 Å². The number of nitrogens with two attached hydrogens (primary N) is 1. The molecule has 0 radical (unpaired) electrons. The lowest BCUT2D eigenvalue weighted by Crippen LogP contribution is -2.25. The summed E-state index contributed by atoms with van der Waals surface area (Å²) < 4.78 is 0. The molecular formula is C16H19N2+. The summed E-state index contributed by atoms with van der Waals surface area (Å²) >= 11 is 0. The third-order valence-corrected chi connectivity index (χ3v) is 4.01. The summed E-state index contributed by atoms with van der Waals surface area (Å²) in [6.07, 6.45) is 12.3. The van der Waals surface area contributed by atoms with Gasteiger partial charge in [0.05, 0.1) is 36.7 Å². The fourth-order valence-electron chi connectivity index (χ4n) is 2.91. The van der Waals surface area contributed by atoms with E-state index in [1.165, 1.54) is 22.5 Å². The van der Waals surface area contributed by atoms with Crippen LogP contribution in [0.25, 0.3) is 0 Å². The second-order valence-electron chi connectivity index (χ2n) is 5.66. The number of hydrogen-bond acceptors (Lipinski definition) is 2. The third-order valence-electron chi connectivity index (χ3n) is 4.01. The van der Waals surface area contributed by atoms with Gasteiger partial charge in [0.25, 0.3) is 0 Å². The van der Waals surface area contributed by atoms with E-state index in [4.69, 9.17) is 5.73 Å². The van der Waals surface area contributed by atoms with Crippen molar-refractivity contribution < 1.29 is 0 Å². The van der Waals surface area contributed by atoms with Crippen LogP contribution in [0.3, 0.4) is 0 Å². The molecular weight excluding hydrogens is 220 g/mol. The van der Waals surface area contributed by atoms with Crippen molar-refractivity contribution in [1.29, 1.82) is 0 Å². The van der Waals surface area contributed by atoms with Gasteiger partial charge in [-0.15, -0.1) is 0 Å². The van der Waals surface area contributed by atoms with Gasteiger partial charge >= 0.3 is 0 Å². The normalized spacial score (nSPS) is 24.0. The monoisotopic (exact) mass is 239 g/mol. The molecule has 0 spiro atoms. The summed E-state index contributed by atoms with van der Waals surface area (Å²) in [7, 11) is 0. The zero-order chi connectivity index (χ0) is 12.9. The first kappa shape index (κ1) is 11.5. The summed E-state index contributed by atoms with van der Waals surface area (Å²) in [5.41, 5.74) is 12.1. The van der Waals surface area contributed by atoms with Gasteiger partial charge in [0.2, 0.25) is 0 Å². The molecule has 0 saturated carbocycles. The highest BCUT2D eigenvalue weighted by Gasteiger charge is 2.48. The van der Waals surface area contributed by atoms with Crippen molar-refractivity contribution in [1.82, 2.24) is 4.90 Å². The number of rotatable bonds is 1. The van der Waals surface area contributed by atoms with Crippen LogP contribution in [0.5, 0.6) is 0 Å².